The Morgan fingerprint density at radius 1 is 1.47 bits per heavy atom. The van der Waals surface area contributed by atoms with Crippen LogP contribution >= 0.6 is 0 Å². The van der Waals surface area contributed by atoms with Gasteiger partial charge < -0.3 is 10.1 Å². The molecule has 0 spiro atoms. The Balaban J connectivity index is 1.90. The van der Waals surface area contributed by atoms with Crippen LogP contribution in [0.25, 0.3) is 0 Å². The van der Waals surface area contributed by atoms with Gasteiger partial charge in [0.15, 0.2) is 0 Å². The van der Waals surface area contributed by atoms with Crippen LogP contribution in [0.2, 0.25) is 0 Å². The van der Waals surface area contributed by atoms with E-state index in [-0.39, 0.29) is 0 Å². The number of rotatable bonds is 6. The van der Waals surface area contributed by atoms with Gasteiger partial charge in [-0.05, 0) is 25.0 Å². The Morgan fingerprint density at radius 3 is 3.16 bits per heavy atom. The van der Waals surface area contributed by atoms with Crippen LogP contribution in [-0.4, -0.2) is 42.2 Å². The van der Waals surface area contributed by atoms with E-state index in [1.165, 1.54) is 5.69 Å². The number of hydrogen-bond donors (Lipinski definition) is 1. The highest BCUT2D eigenvalue weighted by molar-refractivity contribution is 5.43. The molecule has 2 heterocycles. The van der Waals surface area contributed by atoms with Crippen molar-refractivity contribution in [3.8, 4) is 0 Å². The second-order valence-electron chi connectivity index (χ2n) is 5.10. The molecule has 1 aromatic rings. The lowest BCUT2D eigenvalue weighted by Crippen LogP contribution is -2.41. The van der Waals surface area contributed by atoms with Crippen LogP contribution in [0.3, 0.4) is 0 Å². The molecule has 0 radical (unpaired) electrons. The summed E-state index contributed by atoms with van der Waals surface area (Å²) in [5, 5.41) is 3.41. The van der Waals surface area contributed by atoms with Crippen molar-refractivity contribution in [3.63, 3.8) is 0 Å². The third kappa shape index (κ3) is 4.48. The first-order chi connectivity index (χ1) is 9.31. The fraction of sp³-hybridized carbons (Fsp3) is 0.667. The molecular formula is C15H25N3O. The molecule has 2 rings (SSSR count). The number of ether oxygens (including phenoxy) is 1. The summed E-state index contributed by atoms with van der Waals surface area (Å²) in [5.74, 6) is 0. The molecule has 0 aliphatic carbocycles. The minimum absolute atomic E-state index is 0.384. The number of nitrogens with one attached hydrogen (secondary N) is 1. The van der Waals surface area contributed by atoms with Gasteiger partial charge in [-0.2, -0.15) is 0 Å². The van der Waals surface area contributed by atoms with Crippen molar-refractivity contribution in [2.24, 2.45) is 0 Å². The van der Waals surface area contributed by atoms with Gasteiger partial charge in [0.1, 0.15) is 0 Å². The SMILES string of the molecule is CCCNc1ccnc(CN2CCOC(CC)C2)c1. The zero-order chi connectivity index (χ0) is 13.5. The van der Waals surface area contributed by atoms with Crippen LogP contribution in [0.1, 0.15) is 32.4 Å². The van der Waals surface area contributed by atoms with E-state index >= 15 is 0 Å². The summed E-state index contributed by atoms with van der Waals surface area (Å²) in [6.45, 7) is 9.15. The predicted octanol–water partition coefficient (Wildman–Crippen LogP) is 2.51. The van der Waals surface area contributed by atoms with E-state index in [1.54, 1.807) is 0 Å². The van der Waals surface area contributed by atoms with E-state index in [4.69, 9.17) is 4.74 Å². The average molecular weight is 263 g/mol. The molecule has 0 aromatic carbocycles. The topological polar surface area (TPSA) is 37.4 Å². The number of morpholine rings is 1. The summed E-state index contributed by atoms with van der Waals surface area (Å²) >= 11 is 0. The van der Waals surface area contributed by atoms with E-state index in [2.05, 4.69) is 35.1 Å². The zero-order valence-corrected chi connectivity index (χ0v) is 12.1. The Morgan fingerprint density at radius 2 is 2.37 bits per heavy atom. The van der Waals surface area contributed by atoms with Gasteiger partial charge in [-0.3, -0.25) is 9.88 Å². The molecule has 0 bridgehead atoms. The maximum Gasteiger partial charge on any atom is 0.0700 e. The summed E-state index contributed by atoms with van der Waals surface area (Å²) in [6, 6.07) is 4.19. The lowest BCUT2D eigenvalue weighted by molar-refractivity contribution is -0.0328. The van der Waals surface area contributed by atoms with Crippen molar-refractivity contribution < 1.29 is 4.74 Å². The van der Waals surface area contributed by atoms with E-state index in [1.807, 2.05) is 12.3 Å². The van der Waals surface area contributed by atoms with Gasteiger partial charge in [-0.1, -0.05) is 13.8 Å². The Bertz CT molecular complexity index is 383. The van der Waals surface area contributed by atoms with Gasteiger partial charge in [-0.15, -0.1) is 0 Å². The van der Waals surface area contributed by atoms with Crippen LogP contribution in [-0.2, 0) is 11.3 Å². The Labute approximate surface area is 116 Å². The predicted molar refractivity (Wildman–Crippen MR) is 78.3 cm³/mol. The molecule has 0 saturated carbocycles. The van der Waals surface area contributed by atoms with Crippen molar-refractivity contribution in [1.29, 1.82) is 0 Å². The van der Waals surface area contributed by atoms with E-state index in [9.17, 15) is 0 Å². The third-order valence-corrected chi connectivity index (χ3v) is 3.46. The molecule has 1 aliphatic rings. The molecule has 19 heavy (non-hydrogen) atoms. The third-order valence-electron chi connectivity index (χ3n) is 3.46. The van der Waals surface area contributed by atoms with E-state index in [0.717, 1.165) is 51.3 Å². The molecule has 1 unspecified atom stereocenters. The Hall–Kier alpha value is -1.13. The van der Waals surface area contributed by atoms with Gasteiger partial charge in [0.2, 0.25) is 0 Å². The second-order valence-corrected chi connectivity index (χ2v) is 5.10. The van der Waals surface area contributed by atoms with Crippen molar-refractivity contribution in [1.82, 2.24) is 9.88 Å². The highest BCUT2D eigenvalue weighted by atomic mass is 16.5. The first kappa shape index (κ1) is 14.3. The molecule has 1 aromatic heterocycles. The quantitative estimate of drug-likeness (QED) is 0.856. The molecule has 1 saturated heterocycles. The standard InChI is InChI=1S/C15H25N3O/c1-3-6-16-13-5-7-17-14(10-13)11-18-8-9-19-15(4-2)12-18/h5,7,10,15H,3-4,6,8-9,11-12H2,1-2H3,(H,16,17). The van der Waals surface area contributed by atoms with Crippen molar-refractivity contribution >= 4 is 5.69 Å². The lowest BCUT2D eigenvalue weighted by Gasteiger charge is -2.32. The largest absolute Gasteiger partial charge is 0.385 e. The van der Waals surface area contributed by atoms with Crippen LogP contribution in [0, 0.1) is 0 Å². The fourth-order valence-electron chi connectivity index (χ4n) is 2.34. The smallest absolute Gasteiger partial charge is 0.0700 e. The fourth-order valence-corrected chi connectivity index (χ4v) is 2.34. The molecular weight excluding hydrogens is 238 g/mol. The summed E-state index contributed by atoms with van der Waals surface area (Å²) in [7, 11) is 0. The van der Waals surface area contributed by atoms with Gasteiger partial charge in [0.05, 0.1) is 18.4 Å². The zero-order valence-electron chi connectivity index (χ0n) is 12.1. The lowest BCUT2D eigenvalue weighted by atomic mass is 10.2. The Kier molecular flexibility index (Phi) is 5.61. The minimum atomic E-state index is 0.384. The monoisotopic (exact) mass is 263 g/mol. The van der Waals surface area contributed by atoms with Crippen LogP contribution in [0.15, 0.2) is 18.3 Å². The summed E-state index contributed by atoms with van der Waals surface area (Å²) < 4.78 is 5.70. The molecule has 106 valence electrons. The minimum Gasteiger partial charge on any atom is -0.385 e. The molecule has 1 aliphatic heterocycles. The van der Waals surface area contributed by atoms with Crippen LogP contribution < -0.4 is 5.32 Å². The molecule has 4 heteroatoms. The molecule has 1 N–H and O–H groups in total. The molecule has 0 amide bonds. The summed E-state index contributed by atoms with van der Waals surface area (Å²) in [5.41, 5.74) is 2.31. The first-order valence-electron chi connectivity index (χ1n) is 7.34. The normalized spacial score (nSPS) is 20.4. The highest BCUT2D eigenvalue weighted by Gasteiger charge is 2.19. The van der Waals surface area contributed by atoms with Crippen LogP contribution in [0.4, 0.5) is 5.69 Å². The summed E-state index contributed by atoms with van der Waals surface area (Å²) in [4.78, 5) is 6.90. The number of hydrogen-bond acceptors (Lipinski definition) is 4. The van der Waals surface area contributed by atoms with E-state index in [0.29, 0.717) is 6.10 Å². The highest BCUT2D eigenvalue weighted by Crippen LogP contribution is 2.14. The average Bonchev–Trinajstić information content (AvgIpc) is 2.46. The number of anilines is 1. The van der Waals surface area contributed by atoms with Gasteiger partial charge in [-0.25, -0.2) is 0 Å². The number of aromatic nitrogens is 1. The maximum absolute atomic E-state index is 5.70. The van der Waals surface area contributed by atoms with Gasteiger partial charge in [0.25, 0.3) is 0 Å². The number of pyridine rings is 1. The summed E-state index contributed by atoms with van der Waals surface area (Å²) in [6.07, 6.45) is 4.50. The van der Waals surface area contributed by atoms with Gasteiger partial charge in [0, 0.05) is 38.1 Å². The van der Waals surface area contributed by atoms with Crippen molar-refractivity contribution in [2.75, 3.05) is 31.6 Å². The maximum atomic E-state index is 5.70. The van der Waals surface area contributed by atoms with Gasteiger partial charge >= 0.3 is 0 Å². The van der Waals surface area contributed by atoms with Crippen LogP contribution in [0.5, 0.6) is 0 Å². The molecule has 1 fully saturated rings. The van der Waals surface area contributed by atoms with Crippen molar-refractivity contribution in [3.05, 3.63) is 24.0 Å². The van der Waals surface area contributed by atoms with Crippen molar-refractivity contribution in [2.45, 2.75) is 39.3 Å². The second kappa shape index (κ2) is 7.46. The molecule has 4 nitrogen and oxygen atoms in total. The number of nitrogens with zero attached hydrogens (tertiary/aromatic N) is 2. The first-order valence-corrected chi connectivity index (χ1v) is 7.34. The van der Waals surface area contributed by atoms with E-state index < -0.39 is 0 Å². The molecule has 1 atom stereocenters.